The van der Waals surface area contributed by atoms with Crippen LogP contribution in [-0.4, -0.2) is 19.1 Å². The highest BCUT2D eigenvalue weighted by molar-refractivity contribution is 5.73. The van der Waals surface area contributed by atoms with E-state index in [1.165, 1.54) is 44.2 Å². The van der Waals surface area contributed by atoms with Crippen LogP contribution in [0.5, 0.6) is 0 Å². The molecule has 1 aromatic carbocycles. The van der Waals surface area contributed by atoms with Crippen molar-refractivity contribution in [3.05, 3.63) is 35.6 Å². The number of benzene rings is 1. The second-order valence-electron chi connectivity index (χ2n) is 5.52. The molecule has 1 aliphatic carbocycles. The minimum atomic E-state index is -0.232. The van der Waals surface area contributed by atoms with E-state index in [1.807, 2.05) is 6.07 Å². The molecule has 0 bridgehead atoms. The molecule has 1 aliphatic rings. The third-order valence-corrected chi connectivity index (χ3v) is 3.86. The van der Waals surface area contributed by atoms with Gasteiger partial charge in [0.05, 0.1) is 0 Å². The van der Waals surface area contributed by atoms with Crippen LogP contribution in [-0.2, 0) is 6.42 Å². The first-order valence-corrected chi connectivity index (χ1v) is 7.50. The highest BCUT2D eigenvalue weighted by Crippen LogP contribution is 2.22. The third kappa shape index (κ3) is 5.19. The van der Waals surface area contributed by atoms with Crippen LogP contribution in [0.4, 0.5) is 9.18 Å². The molecule has 1 aromatic rings. The van der Waals surface area contributed by atoms with Crippen LogP contribution in [0.15, 0.2) is 24.3 Å². The van der Waals surface area contributed by atoms with Crippen LogP contribution in [0, 0.1) is 11.7 Å². The molecule has 110 valence electrons. The van der Waals surface area contributed by atoms with Crippen molar-refractivity contribution in [3.8, 4) is 0 Å². The number of halogens is 1. The first kappa shape index (κ1) is 14.8. The molecule has 4 heteroatoms. The van der Waals surface area contributed by atoms with E-state index >= 15 is 0 Å². The Morgan fingerprint density at radius 1 is 1.20 bits per heavy atom. The summed E-state index contributed by atoms with van der Waals surface area (Å²) in [6.07, 6.45) is 7.00. The van der Waals surface area contributed by atoms with Gasteiger partial charge in [-0.3, -0.25) is 0 Å². The number of rotatable bonds is 5. The first-order chi connectivity index (χ1) is 9.74. The molecule has 20 heavy (non-hydrogen) atoms. The van der Waals surface area contributed by atoms with Crippen molar-refractivity contribution in [3.63, 3.8) is 0 Å². The van der Waals surface area contributed by atoms with E-state index in [1.54, 1.807) is 6.07 Å². The normalized spacial score (nSPS) is 15.8. The number of urea groups is 1. The smallest absolute Gasteiger partial charge is 0.314 e. The van der Waals surface area contributed by atoms with Crippen molar-refractivity contribution in [2.24, 2.45) is 5.92 Å². The van der Waals surface area contributed by atoms with Crippen LogP contribution in [0.1, 0.15) is 37.7 Å². The molecule has 0 heterocycles. The maximum atomic E-state index is 13.0. The van der Waals surface area contributed by atoms with Gasteiger partial charge in [0.15, 0.2) is 0 Å². The Morgan fingerprint density at radius 2 is 2.00 bits per heavy atom. The van der Waals surface area contributed by atoms with Gasteiger partial charge in [-0.25, -0.2) is 9.18 Å². The molecule has 0 radical (unpaired) electrons. The van der Waals surface area contributed by atoms with Crippen molar-refractivity contribution >= 4 is 6.03 Å². The first-order valence-electron chi connectivity index (χ1n) is 7.50. The molecule has 1 fully saturated rings. The van der Waals surface area contributed by atoms with Gasteiger partial charge in [0.2, 0.25) is 0 Å². The van der Waals surface area contributed by atoms with Gasteiger partial charge in [0.1, 0.15) is 5.82 Å². The average molecular weight is 278 g/mol. The fourth-order valence-corrected chi connectivity index (χ4v) is 2.70. The lowest BCUT2D eigenvalue weighted by Crippen LogP contribution is -2.39. The van der Waals surface area contributed by atoms with E-state index in [0.717, 1.165) is 12.1 Å². The Morgan fingerprint density at radius 3 is 2.75 bits per heavy atom. The van der Waals surface area contributed by atoms with Gasteiger partial charge in [-0.15, -0.1) is 0 Å². The predicted octanol–water partition coefficient (Wildman–Crippen LogP) is 3.25. The Labute approximate surface area is 120 Å². The van der Waals surface area contributed by atoms with E-state index in [0.29, 0.717) is 18.9 Å². The number of hydrogen-bond acceptors (Lipinski definition) is 1. The second-order valence-corrected chi connectivity index (χ2v) is 5.52. The van der Waals surface area contributed by atoms with Gasteiger partial charge in [-0.2, -0.15) is 0 Å². The van der Waals surface area contributed by atoms with Gasteiger partial charge >= 0.3 is 6.03 Å². The van der Waals surface area contributed by atoms with Crippen LogP contribution < -0.4 is 10.6 Å². The fourth-order valence-electron chi connectivity index (χ4n) is 2.70. The molecular weight excluding hydrogens is 255 g/mol. The number of nitrogens with one attached hydrogen (secondary N) is 2. The second kappa shape index (κ2) is 7.88. The Hall–Kier alpha value is -1.58. The lowest BCUT2D eigenvalue weighted by Gasteiger charge is -2.21. The van der Waals surface area contributed by atoms with E-state index in [9.17, 15) is 9.18 Å². The summed E-state index contributed by atoms with van der Waals surface area (Å²) in [4.78, 5) is 11.6. The van der Waals surface area contributed by atoms with Crippen molar-refractivity contribution in [1.82, 2.24) is 10.6 Å². The van der Waals surface area contributed by atoms with E-state index in [2.05, 4.69) is 10.6 Å². The minimum Gasteiger partial charge on any atom is -0.338 e. The predicted molar refractivity (Wildman–Crippen MR) is 78.1 cm³/mol. The molecule has 2 amide bonds. The summed E-state index contributed by atoms with van der Waals surface area (Å²) < 4.78 is 13.0. The zero-order valence-electron chi connectivity index (χ0n) is 11.8. The van der Waals surface area contributed by atoms with Crippen LogP contribution in [0.2, 0.25) is 0 Å². The minimum absolute atomic E-state index is 0.119. The molecule has 0 spiro atoms. The van der Waals surface area contributed by atoms with Gasteiger partial charge < -0.3 is 10.6 Å². The molecule has 3 nitrogen and oxygen atoms in total. The molecule has 0 aliphatic heterocycles. The molecule has 2 rings (SSSR count). The van der Waals surface area contributed by atoms with Crippen LogP contribution in [0.25, 0.3) is 0 Å². The molecule has 2 N–H and O–H groups in total. The number of hydrogen-bond donors (Lipinski definition) is 2. The SMILES string of the molecule is O=C(NCCc1cccc(F)c1)NCC1CCCCC1. The van der Waals surface area contributed by atoms with Gasteiger partial charge in [-0.05, 0) is 42.9 Å². The van der Waals surface area contributed by atoms with E-state index < -0.39 is 0 Å². The molecule has 0 unspecified atom stereocenters. The molecule has 0 saturated heterocycles. The summed E-state index contributed by atoms with van der Waals surface area (Å²) >= 11 is 0. The van der Waals surface area contributed by atoms with Crippen molar-refractivity contribution in [2.75, 3.05) is 13.1 Å². The lowest BCUT2D eigenvalue weighted by molar-refractivity contribution is 0.236. The van der Waals surface area contributed by atoms with Crippen LogP contribution in [0.3, 0.4) is 0 Å². The summed E-state index contributed by atoms with van der Waals surface area (Å²) in [6, 6.07) is 6.36. The topological polar surface area (TPSA) is 41.1 Å². The zero-order chi connectivity index (χ0) is 14.2. The monoisotopic (exact) mass is 278 g/mol. The largest absolute Gasteiger partial charge is 0.338 e. The van der Waals surface area contributed by atoms with Crippen LogP contribution >= 0.6 is 0 Å². The Bertz CT molecular complexity index is 430. The summed E-state index contributed by atoms with van der Waals surface area (Å²) in [5.41, 5.74) is 0.901. The fraction of sp³-hybridized carbons (Fsp3) is 0.562. The van der Waals surface area contributed by atoms with Crippen molar-refractivity contribution in [2.45, 2.75) is 38.5 Å². The third-order valence-electron chi connectivity index (χ3n) is 3.86. The quantitative estimate of drug-likeness (QED) is 0.853. The Balaban J connectivity index is 1.60. The van der Waals surface area contributed by atoms with Gasteiger partial charge in [-0.1, -0.05) is 31.4 Å². The molecular formula is C16H23FN2O. The zero-order valence-corrected chi connectivity index (χ0v) is 11.8. The maximum absolute atomic E-state index is 13.0. The maximum Gasteiger partial charge on any atom is 0.314 e. The van der Waals surface area contributed by atoms with Gasteiger partial charge in [0.25, 0.3) is 0 Å². The Kier molecular flexibility index (Phi) is 5.84. The highest BCUT2D eigenvalue weighted by atomic mass is 19.1. The van der Waals surface area contributed by atoms with Crippen molar-refractivity contribution in [1.29, 1.82) is 0 Å². The van der Waals surface area contributed by atoms with Gasteiger partial charge in [0, 0.05) is 13.1 Å². The number of carbonyl (C=O) groups excluding carboxylic acids is 1. The molecule has 1 saturated carbocycles. The molecule has 0 atom stereocenters. The van der Waals surface area contributed by atoms with E-state index in [4.69, 9.17) is 0 Å². The molecule has 0 aromatic heterocycles. The van der Waals surface area contributed by atoms with E-state index in [-0.39, 0.29) is 11.8 Å². The average Bonchev–Trinajstić information content (AvgIpc) is 2.46. The summed E-state index contributed by atoms with van der Waals surface area (Å²) in [5.74, 6) is 0.405. The number of carbonyl (C=O) groups is 1. The lowest BCUT2D eigenvalue weighted by atomic mass is 9.89. The van der Waals surface area contributed by atoms with Crippen molar-refractivity contribution < 1.29 is 9.18 Å². The summed E-state index contributed by atoms with van der Waals surface area (Å²) in [6.45, 7) is 1.30. The standard InChI is InChI=1S/C16H23FN2O/c17-15-8-4-7-13(11-15)9-10-18-16(20)19-12-14-5-2-1-3-6-14/h4,7-8,11,14H,1-3,5-6,9-10,12H2,(H2,18,19,20). The summed E-state index contributed by atoms with van der Waals surface area (Å²) in [7, 11) is 0. The highest BCUT2D eigenvalue weighted by Gasteiger charge is 2.13. The number of amides is 2. The summed E-state index contributed by atoms with van der Waals surface area (Å²) in [5, 5.41) is 5.74.